The van der Waals surface area contributed by atoms with Gasteiger partial charge in [-0.1, -0.05) is 32.3 Å². The van der Waals surface area contributed by atoms with E-state index in [1.807, 2.05) is 6.07 Å². The first kappa shape index (κ1) is 14.7. The van der Waals surface area contributed by atoms with Crippen LogP contribution in [0.25, 0.3) is 0 Å². The van der Waals surface area contributed by atoms with Crippen molar-refractivity contribution in [2.45, 2.75) is 32.6 Å². The number of benzene rings is 1. The Morgan fingerprint density at radius 2 is 2.20 bits per heavy atom. The zero-order valence-electron chi connectivity index (χ0n) is 12.1. The Bertz CT molecular complexity index is 448. The molecule has 1 aromatic rings. The fourth-order valence-corrected chi connectivity index (χ4v) is 2.75. The minimum Gasteiger partial charge on any atom is -0.484 e. The highest BCUT2D eigenvalue weighted by Crippen LogP contribution is 2.28. The van der Waals surface area contributed by atoms with E-state index in [-0.39, 0.29) is 12.5 Å². The van der Waals surface area contributed by atoms with E-state index in [1.54, 1.807) is 18.2 Å². The Labute approximate surface area is 120 Å². The van der Waals surface area contributed by atoms with Crippen LogP contribution in [0.3, 0.4) is 0 Å². The number of rotatable bonds is 5. The van der Waals surface area contributed by atoms with Crippen molar-refractivity contribution in [1.29, 1.82) is 0 Å². The predicted octanol–water partition coefficient (Wildman–Crippen LogP) is 2.59. The Balaban J connectivity index is 1.70. The monoisotopic (exact) mass is 276 g/mol. The number of carbonyl (C=O) groups excluding carboxylic acids is 1. The van der Waals surface area contributed by atoms with Crippen LogP contribution in [0.1, 0.15) is 32.6 Å². The van der Waals surface area contributed by atoms with Gasteiger partial charge in [0, 0.05) is 18.3 Å². The highest BCUT2D eigenvalue weighted by molar-refractivity contribution is 5.77. The first-order chi connectivity index (χ1) is 9.65. The van der Waals surface area contributed by atoms with Gasteiger partial charge in [0.05, 0.1) is 0 Å². The minimum absolute atomic E-state index is 0.0462. The summed E-state index contributed by atoms with van der Waals surface area (Å²) in [6.45, 7) is 3.09. The van der Waals surface area contributed by atoms with Crippen LogP contribution in [0.15, 0.2) is 24.3 Å². The molecule has 1 saturated carbocycles. The molecular weight excluding hydrogens is 252 g/mol. The number of hydrogen-bond acceptors (Lipinski definition) is 3. The normalized spacial score (nSPS) is 22.2. The number of nitrogens with one attached hydrogen (secondary N) is 1. The highest BCUT2D eigenvalue weighted by atomic mass is 16.5. The maximum atomic E-state index is 11.8. The van der Waals surface area contributed by atoms with Gasteiger partial charge in [-0.2, -0.15) is 0 Å². The van der Waals surface area contributed by atoms with E-state index < -0.39 is 0 Å². The van der Waals surface area contributed by atoms with Crippen molar-refractivity contribution in [3.63, 3.8) is 0 Å². The lowest BCUT2D eigenvalue weighted by Gasteiger charge is -2.28. The van der Waals surface area contributed by atoms with E-state index in [4.69, 9.17) is 10.5 Å². The molecule has 3 N–H and O–H groups in total. The van der Waals surface area contributed by atoms with Crippen LogP contribution in [0.2, 0.25) is 0 Å². The average molecular weight is 276 g/mol. The molecule has 0 aromatic heterocycles. The van der Waals surface area contributed by atoms with Crippen LogP contribution in [-0.2, 0) is 4.79 Å². The van der Waals surface area contributed by atoms with Crippen molar-refractivity contribution < 1.29 is 9.53 Å². The molecule has 1 aromatic carbocycles. The van der Waals surface area contributed by atoms with Crippen LogP contribution in [-0.4, -0.2) is 19.1 Å². The van der Waals surface area contributed by atoms with Gasteiger partial charge in [-0.05, 0) is 30.4 Å². The number of carbonyl (C=O) groups is 1. The molecule has 0 spiro atoms. The van der Waals surface area contributed by atoms with Crippen molar-refractivity contribution in [1.82, 2.24) is 5.32 Å². The van der Waals surface area contributed by atoms with Crippen molar-refractivity contribution in [2.24, 2.45) is 11.8 Å². The van der Waals surface area contributed by atoms with Crippen LogP contribution < -0.4 is 15.8 Å². The Kier molecular flexibility index (Phi) is 5.27. The second-order valence-corrected chi connectivity index (χ2v) is 5.69. The molecule has 110 valence electrons. The summed E-state index contributed by atoms with van der Waals surface area (Å²) < 4.78 is 5.42. The Morgan fingerprint density at radius 1 is 1.40 bits per heavy atom. The number of ether oxygens (including phenoxy) is 1. The molecule has 0 aliphatic heterocycles. The maximum absolute atomic E-state index is 11.8. The third kappa shape index (κ3) is 4.44. The molecule has 0 radical (unpaired) electrons. The van der Waals surface area contributed by atoms with Gasteiger partial charge in [-0.15, -0.1) is 0 Å². The fraction of sp³-hybridized carbons (Fsp3) is 0.562. The first-order valence-electron chi connectivity index (χ1n) is 7.40. The molecule has 0 bridgehead atoms. The SMILES string of the molecule is CC1CCCCC1CNC(=O)COc1cccc(N)c1. The van der Waals surface area contributed by atoms with Crippen molar-refractivity contribution >= 4 is 11.6 Å². The molecule has 1 fully saturated rings. The van der Waals surface area contributed by atoms with E-state index in [0.29, 0.717) is 23.3 Å². The third-order valence-electron chi connectivity index (χ3n) is 4.08. The molecule has 1 aliphatic carbocycles. The van der Waals surface area contributed by atoms with E-state index in [2.05, 4.69) is 12.2 Å². The minimum atomic E-state index is -0.0646. The molecule has 2 rings (SSSR count). The Hall–Kier alpha value is -1.71. The molecule has 4 nitrogen and oxygen atoms in total. The molecule has 20 heavy (non-hydrogen) atoms. The van der Waals surface area contributed by atoms with Crippen molar-refractivity contribution in [2.75, 3.05) is 18.9 Å². The summed E-state index contributed by atoms with van der Waals surface area (Å²) >= 11 is 0. The van der Waals surface area contributed by atoms with Crippen molar-refractivity contribution in [3.8, 4) is 5.75 Å². The second-order valence-electron chi connectivity index (χ2n) is 5.69. The van der Waals surface area contributed by atoms with Gasteiger partial charge in [0.25, 0.3) is 5.91 Å². The lowest BCUT2D eigenvalue weighted by Crippen LogP contribution is -2.36. The largest absolute Gasteiger partial charge is 0.484 e. The zero-order valence-corrected chi connectivity index (χ0v) is 12.1. The standard InChI is InChI=1S/C16H24N2O2/c1-12-5-2-3-6-13(12)10-18-16(19)11-20-15-8-4-7-14(17)9-15/h4,7-9,12-13H,2-3,5-6,10-11,17H2,1H3,(H,18,19). The van der Waals surface area contributed by atoms with E-state index >= 15 is 0 Å². The summed E-state index contributed by atoms with van der Waals surface area (Å²) in [6, 6.07) is 7.12. The maximum Gasteiger partial charge on any atom is 0.257 e. The molecule has 2 atom stereocenters. The summed E-state index contributed by atoms with van der Waals surface area (Å²) in [5.41, 5.74) is 6.29. The van der Waals surface area contributed by atoms with Gasteiger partial charge >= 0.3 is 0 Å². The molecule has 0 saturated heterocycles. The average Bonchev–Trinajstić information content (AvgIpc) is 2.44. The quantitative estimate of drug-likeness (QED) is 0.812. The molecule has 0 heterocycles. The summed E-state index contributed by atoms with van der Waals surface area (Å²) in [5.74, 6) is 1.88. The van der Waals surface area contributed by atoms with Crippen molar-refractivity contribution in [3.05, 3.63) is 24.3 Å². The number of amides is 1. The molecule has 4 heteroatoms. The van der Waals surface area contributed by atoms with Gasteiger partial charge in [0.2, 0.25) is 0 Å². The lowest BCUT2D eigenvalue weighted by atomic mass is 9.80. The Morgan fingerprint density at radius 3 is 2.95 bits per heavy atom. The van der Waals surface area contributed by atoms with Crippen LogP contribution >= 0.6 is 0 Å². The van der Waals surface area contributed by atoms with Gasteiger partial charge < -0.3 is 15.8 Å². The lowest BCUT2D eigenvalue weighted by molar-refractivity contribution is -0.123. The predicted molar refractivity (Wildman–Crippen MR) is 80.5 cm³/mol. The van der Waals surface area contributed by atoms with Gasteiger partial charge in [0.15, 0.2) is 6.61 Å². The second kappa shape index (κ2) is 7.17. The highest BCUT2D eigenvalue weighted by Gasteiger charge is 2.21. The topological polar surface area (TPSA) is 64.3 Å². The summed E-state index contributed by atoms with van der Waals surface area (Å²) in [6.07, 6.45) is 5.10. The van der Waals surface area contributed by atoms with Crippen LogP contribution in [0, 0.1) is 11.8 Å². The number of hydrogen-bond donors (Lipinski definition) is 2. The number of nitrogens with two attached hydrogens (primary N) is 1. The van der Waals surface area contributed by atoms with Gasteiger partial charge in [-0.25, -0.2) is 0 Å². The van der Waals surface area contributed by atoms with Crippen LogP contribution in [0.4, 0.5) is 5.69 Å². The van der Waals surface area contributed by atoms with Crippen LogP contribution in [0.5, 0.6) is 5.75 Å². The van der Waals surface area contributed by atoms with E-state index in [1.165, 1.54) is 25.7 Å². The van der Waals surface area contributed by atoms with Gasteiger partial charge in [-0.3, -0.25) is 4.79 Å². The fourth-order valence-electron chi connectivity index (χ4n) is 2.75. The molecule has 1 aliphatic rings. The molecular formula is C16H24N2O2. The summed E-state index contributed by atoms with van der Waals surface area (Å²) in [7, 11) is 0. The molecule has 1 amide bonds. The third-order valence-corrected chi connectivity index (χ3v) is 4.08. The molecule has 2 unspecified atom stereocenters. The zero-order chi connectivity index (χ0) is 14.4. The number of anilines is 1. The summed E-state index contributed by atoms with van der Waals surface area (Å²) in [5, 5.41) is 2.97. The van der Waals surface area contributed by atoms with Gasteiger partial charge in [0.1, 0.15) is 5.75 Å². The first-order valence-corrected chi connectivity index (χ1v) is 7.40. The van der Waals surface area contributed by atoms with E-state index in [0.717, 1.165) is 6.54 Å². The summed E-state index contributed by atoms with van der Waals surface area (Å²) in [4.78, 5) is 11.8. The van der Waals surface area contributed by atoms with E-state index in [9.17, 15) is 4.79 Å². The number of nitrogen functional groups attached to an aromatic ring is 1. The smallest absolute Gasteiger partial charge is 0.257 e.